The number of carbonyl (C=O) groups is 1. The van der Waals surface area contributed by atoms with Gasteiger partial charge in [0.2, 0.25) is 0 Å². The Kier molecular flexibility index (Phi) is 4.13. The lowest BCUT2D eigenvalue weighted by atomic mass is 10.1. The standard InChI is InChI=1S/C21H19N3O2/c1-3-26-21(25)18-9-6-10-19-20(18)23-14(2)24(19)13-17-11-15-7-4-5-8-16(15)12-22-17/h4-12H,3,13H2,1-2H3. The fraction of sp³-hybridized carbons (Fsp3) is 0.190. The van der Waals surface area contributed by atoms with Crippen molar-refractivity contribution >= 4 is 27.8 Å². The van der Waals surface area contributed by atoms with E-state index in [4.69, 9.17) is 4.74 Å². The number of benzene rings is 2. The van der Waals surface area contributed by atoms with Gasteiger partial charge in [0.25, 0.3) is 0 Å². The molecule has 130 valence electrons. The second kappa shape index (κ2) is 6.59. The predicted octanol–water partition coefficient (Wildman–Crippen LogP) is 4.12. The van der Waals surface area contributed by atoms with Crippen molar-refractivity contribution in [1.29, 1.82) is 0 Å². The van der Waals surface area contributed by atoms with Gasteiger partial charge < -0.3 is 9.30 Å². The van der Waals surface area contributed by atoms with Crippen molar-refractivity contribution in [3.8, 4) is 0 Å². The van der Waals surface area contributed by atoms with E-state index in [1.165, 1.54) is 0 Å². The fourth-order valence-corrected chi connectivity index (χ4v) is 3.21. The predicted molar refractivity (Wildman–Crippen MR) is 101 cm³/mol. The van der Waals surface area contributed by atoms with Crippen molar-refractivity contribution < 1.29 is 9.53 Å². The molecule has 5 heteroatoms. The maximum absolute atomic E-state index is 12.2. The molecule has 2 aromatic heterocycles. The minimum absolute atomic E-state index is 0.341. The molecule has 0 amide bonds. The second-order valence-corrected chi connectivity index (χ2v) is 6.16. The highest BCUT2D eigenvalue weighted by Crippen LogP contribution is 2.22. The summed E-state index contributed by atoms with van der Waals surface area (Å²) in [7, 11) is 0. The lowest BCUT2D eigenvalue weighted by Gasteiger charge is -2.08. The van der Waals surface area contributed by atoms with Crippen LogP contribution in [0.15, 0.2) is 54.7 Å². The molecule has 2 aromatic carbocycles. The number of esters is 1. The molecule has 0 bridgehead atoms. The number of rotatable bonds is 4. The van der Waals surface area contributed by atoms with E-state index in [1.807, 2.05) is 37.4 Å². The summed E-state index contributed by atoms with van der Waals surface area (Å²) in [5.41, 5.74) is 3.03. The van der Waals surface area contributed by atoms with Gasteiger partial charge in [0.05, 0.1) is 29.9 Å². The second-order valence-electron chi connectivity index (χ2n) is 6.16. The summed E-state index contributed by atoms with van der Waals surface area (Å²) >= 11 is 0. The van der Waals surface area contributed by atoms with Crippen LogP contribution in [-0.2, 0) is 11.3 Å². The number of aryl methyl sites for hydroxylation is 1. The zero-order valence-electron chi connectivity index (χ0n) is 14.8. The van der Waals surface area contributed by atoms with Gasteiger partial charge in [0, 0.05) is 11.6 Å². The number of hydrogen-bond donors (Lipinski definition) is 0. The van der Waals surface area contributed by atoms with E-state index in [2.05, 4.69) is 32.7 Å². The molecule has 2 heterocycles. The van der Waals surface area contributed by atoms with E-state index in [9.17, 15) is 4.79 Å². The molecule has 4 rings (SSSR count). The fourth-order valence-electron chi connectivity index (χ4n) is 3.21. The average molecular weight is 345 g/mol. The first kappa shape index (κ1) is 16.3. The summed E-state index contributed by atoms with van der Waals surface area (Å²) < 4.78 is 7.23. The van der Waals surface area contributed by atoms with Gasteiger partial charge in [0.15, 0.2) is 0 Å². The van der Waals surface area contributed by atoms with Crippen LogP contribution in [0.5, 0.6) is 0 Å². The van der Waals surface area contributed by atoms with Gasteiger partial charge in [-0.25, -0.2) is 9.78 Å². The van der Waals surface area contributed by atoms with Crippen molar-refractivity contribution in [2.45, 2.75) is 20.4 Å². The first-order valence-electron chi connectivity index (χ1n) is 8.64. The van der Waals surface area contributed by atoms with Gasteiger partial charge in [-0.15, -0.1) is 0 Å². The number of pyridine rings is 1. The van der Waals surface area contributed by atoms with Crippen LogP contribution in [-0.4, -0.2) is 27.1 Å². The van der Waals surface area contributed by atoms with Crippen LogP contribution < -0.4 is 0 Å². The van der Waals surface area contributed by atoms with Crippen LogP contribution in [0.2, 0.25) is 0 Å². The van der Waals surface area contributed by atoms with E-state index in [1.54, 1.807) is 13.0 Å². The van der Waals surface area contributed by atoms with Gasteiger partial charge in [-0.3, -0.25) is 4.98 Å². The zero-order chi connectivity index (χ0) is 18.1. The number of fused-ring (bicyclic) bond motifs is 2. The molecule has 0 aliphatic rings. The van der Waals surface area contributed by atoms with Gasteiger partial charge in [-0.1, -0.05) is 30.3 Å². The van der Waals surface area contributed by atoms with Crippen molar-refractivity contribution in [2.75, 3.05) is 6.61 Å². The number of hydrogen-bond acceptors (Lipinski definition) is 4. The molecular formula is C21H19N3O2. The summed E-state index contributed by atoms with van der Waals surface area (Å²) in [5, 5.41) is 2.28. The minimum atomic E-state index is -0.341. The van der Waals surface area contributed by atoms with Crippen LogP contribution in [0, 0.1) is 6.92 Å². The molecule has 0 saturated carbocycles. The van der Waals surface area contributed by atoms with Crippen LogP contribution in [0.4, 0.5) is 0 Å². The number of imidazole rings is 1. The molecule has 0 unspecified atom stereocenters. The Morgan fingerprint density at radius 3 is 2.73 bits per heavy atom. The lowest BCUT2D eigenvalue weighted by Crippen LogP contribution is -2.06. The summed E-state index contributed by atoms with van der Waals surface area (Å²) in [5.74, 6) is 0.498. The van der Waals surface area contributed by atoms with Crippen LogP contribution in [0.25, 0.3) is 21.8 Å². The third kappa shape index (κ3) is 2.81. The third-order valence-corrected chi connectivity index (χ3v) is 4.47. The van der Waals surface area contributed by atoms with E-state index in [0.717, 1.165) is 27.8 Å². The smallest absolute Gasteiger partial charge is 0.340 e. The maximum atomic E-state index is 12.2. The normalized spacial score (nSPS) is 11.2. The molecule has 0 N–H and O–H groups in total. The Morgan fingerprint density at radius 1 is 1.12 bits per heavy atom. The molecule has 0 aliphatic heterocycles. The van der Waals surface area contributed by atoms with Crippen molar-refractivity contribution in [2.24, 2.45) is 0 Å². The molecule has 5 nitrogen and oxygen atoms in total. The Morgan fingerprint density at radius 2 is 1.92 bits per heavy atom. The third-order valence-electron chi connectivity index (χ3n) is 4.47. The number of ether oxygens (including phenoxy) is 1. The number of para-hydroxylation sites is 1. The van der Waals surface area contributed by atoms with Crippen molar-refractivity contribution in [3.05, 3.63) is 71.8 Å². The van der Waals surface area contributed by atoms with Gasteiger partial charge >= 0.3 is 5.97 Å². The van der Waals surface area contributed by atoms with Crippen molar-refractivity contribution in [3.63, 3.8) is 0 Å². The van der Waals surface area contributed by atoms with Crippen LogP contribution >= 0.6 is 0 Å². The molecular weight excluding hydrogens is 326 g/mol. The lowest BCUT2D eigenvalue weighted by molar-refractivity contribution is 0.0528. The molecule has 4 aromatic rings. The summed E-state index contributed by atoms with van der Waals surface area (Å²) in [4.78, 5) is 21.4. The topological polar surface area (TPSA) is 57.0 Å². The van der Waals surface area contributed by atoms with Crippen molar-refractivity contribution in [1.82, 2.24) is 14.5 Å². The highest BCUT2D eigenvalue weighted by atomic mass is 16.5. The highest BCUT2D eigenvalue weighted by molar-refractivity contribution is 6.02. The average Bonchev–Trinajstić information content (AvgIpc) is 2.97. The first-order valence-corrected chi connectivity index (χ1v) is 8.64. The van der Waals surface area contributed by atoms with Gasteiger partial charge in [0.1, 0.15) is 11.3 Å². The Labute approximate surface area is 151 Å². The number of aromatic nitrogens is 3. The maximum Gasteiger partial charge on any atom is 0.340 e. The SMILES string of the molecule is CCOC(=O)c1cccc2c1nc(C)n2Cc1cc2ccccc2cn1. The number of carbonyl (C=O) groups excluding carboxylic acids is 1. The van der Waals surface area contributed by atoms with E-state index >= 15 is 0 Å². The summed E-state index contributed by atoms with van der Waals surface area (Å²) in [6, 6.07) is 15.8. The summed E-state index contributed by atoms with van der Waals surface area (Å²) in [6.45, 7) is 4.68. The highest BCUT2D eigenvalue weighted by Gasteiger charge is 2.17. The van der Waals surface area contributed by atoms with E-state index in [0.29, 0.717) is 24.2 Å². The van der Waals surface area contributed by atoms with Crippen LogP contribution in [0.1, 0.15) is 28.8 Å². The quantitative estimate of drug-likeness (QED) is 0.522. The largest absolute Gasteiger partial charge is 0.462 e. The first-order chi connectivity index (χ1) is 12.7. The molecule has 0 atom stereocenters. The van der Waals surface area contributed by atoms with Gasteiger partial charge in [-0.2, -0.15) is 0 Å². The van der Waals surface area contributed by atoms with Crippen LogP contribution in [0.3, 0.4) is 0 Å². The van der Waals surface area contributed by atoms with E-state index < -0.39 is 0 Å². The monoisotopic (exact) mass is 345 g/mol. The molecule has 0 fully saturated rings. The minimum Gasteiger partial charge on any atom is -0.462 e. The molecule has 26 heavy (non-hydrogen) atoms. The molecule has 0 spiro atoms. The molecule has 0 saturated heterocycles. The summed E-state index contributed by atoms with van der Waals surface area (Å²) in [6.07, 6.45) is 1.89. The number of nitrogens with zero attached hydrogens (tertiary/aromatic N) is 3. The molecule has 0 radical (unpaired) electrons. The van der Waals surface area contributed by atoms with E-state index in [-0.39, 0.29) is 5.97 Å². The molecule has 0 aliphatic carbocycles. The Bertz CT molecular complexity index is 1110. The van der Waals surface area contributed by atoms with Gasteiger partial charge in [-0.05, 0) is 37.4 Å². The Balaban J connectivity index is 1.77. The Hall–Kier alpha value is -3.21. The zero-order valence-corrected chi connectivity index (χ0v) is 14.8.